The quantitative estimate of drug-likeness (QED) is 0.380. The van der Waals surface area contributed by atoms with E-state index in [4.69, 9.17) is 16.3 Å². The second-order valence-electron chi connectivity index (χ2n) is 7.60. The molecule has 178 valence electrons. The van der Waals surface area contributed by atoms with E-state index in [-0.39, 0.29) is 10.7 Å². The number of ether oxygens (including phenoxy) is 1. The first-order valence-corrected chi connectivity index (χ1v) is 13.1. The van der Waals surface area contributed by atoms with Gasteiger partial charge in [-0.3, -0.25) is 4.79 Å². The molecule has 0 saturated heterocycles. The number of sulfone groups is 1. The Bertz CT molecular complexity index is 1370. The molecular weight excluding hydrogens is 505 g/mol. The van der Waals surface area contributed by atoms with Gasteiger partial charge < -0.3 is 10.1 Å². The van der Waals surface area contributed by atoms with Gasteiger partial charge in [0.25, 0.3) is 5.91 Å². The van der Waals surface area contributed by atoms with Crippen molar-refractivity contribution in [2.24, 2.45) is 0 Å². The summed E-state index contributed by atoms with van der Waals surface area (Å²) in [6.07, 6.45) is 4.43. The van der Waals surface area contributed by atoms with Crippen LogP contribution in [0, 0.1) is 5.82 Å². The van der Waals surface area contributed by atoms with E-state index >= 15 is 0 Å². The molecule has 3 aromatic rings. The number of thiophene rings is 1. The Kier molecular flexibility index (Phi) is 6.96. The highest BCUT2D eigenvalue weighted by atomic mass is 35.5. The Balaban J connectivity index is 1.64. The lowest BCUT2D eigenvalue weighted by atomic mass is 9.95. The third-order valence-electron chi connectivity index (χ3n) is 5.27. The fourth-order valence-corrected chi connectivity index (χ4v) is 6.31. The smallest absolute Gasteiger partial charge is 0.341 e. The first-order chi connectivity index (χ1) is 16.2. The number of nitrogens with one attached hydrogen (secondary N) is 1. The maximum absolute atomic E-state index is 13.1. The number of hydrogen-bond donors (Lipinski definition) is 1. The van der Waals surface area contributed by atoms with Crippen LogP contribution in [-0.2, 0) is 33.2 Å². The van der Waals surface area contributed by atoms with Crippen LogP contribution in [-0.4, -0.2) is 37.4 Å². The van der Waals surface area contributed by atoms with E-state index in [0.29, 0.717) is 22.5 Å². The molecule has 1 aromatic carbocycles. The van der Waals surface area contributed by atoms with Crippen molar-refractivity contribution < 1.29 is 27.1 Å². The molecule has 0 saturated carbocycles. The monoisotopic (exact) mass is 523 g/mol. The normalized spacial score (nSPS) is 13.3. The lowest BCUT2D eigenvalue weighted by molar-refractivity contribution is 0.0601. The van der Waals surface area contributed by atoms with E-state index < -0.39 is 38.4 Å². The van der Waals surface area contributed by atoms with Gasteiger partial charge in [-0.15, -0.1) is 11.3 Å². The van der Waals surface area contributed by atoms with E-state index in [1.54, 1.807) is 0 Å². The maximum Gasteiger partial charge on any atom is 0.341 e. The summed E-state index contributed by atoms with van der Waals surface area (Å²) >= 11 is 7.38. The van der Waals surface area contributed by atoms with Crippen LogP contribution in [0.5, 0.6) is 0 Å². The van der Waals surface area contributed by atoms with Crippen molar-refractivity contribution in [1.82, 2.24) is 9.97 Å². The number of carbonyl (C=O) groups excluding carboxylic acids is 2. The minimum absolute atomic E-state index is 0.154. The zero-order valence-electron chi connectivity index (χ0n) is 17.9. The lowest BCUT2D eigenvalue weighted by Crippen LogP contribution is -2.19. The molecule has 34 heavy (non-hydrogen) atoms. The number of amides is 1. The number of aromatic nitrogens is 2. The van der Waals surface area contributed by atoms with Gasteiger partial charge >= 0.3 is 5.97 Å². The predicted octanol–water partition coefficient (Wildman–Crippen LogP) is 4.22. The standard InChI is InChI=1S/C22H19ClFN3O5S2/c1-32-21(29)17-14-4-2-3-5-16(14)33-20(17)27-19(28)18-15(23)10-25-22(26-18)34(30,31)11-12-6-8-13(24)9-7-12/h6-10H,2-5,11H2,1H3,(H,27,28). The fraction of sp³-hybridized carbons (Fsp3) is 0.273. The van der Waals surface area contributed by atoms with E-state index in [0.717, 1.165) is 48.0 Å². The van der Waals surface area contributed by atoms with Gasteiger partial charge in [0.2, 0.25) is 15.0 Å². The number of nitrogens with zero attached hydrogens (tertiary/aromatic N) is 2. The highest BCUT2D eigenvalue weighted by Gasteiger charge is 2.29. The zero-order chi connectivity index (χ0) is 24.5. The molecule has 1 aliphatic rings. The first kappa shape index (κ1) is 24.2. The molecule has 8 nitrogen and oxygen atoms in total. The molecule has 2 aromatic heterocycles. The van der Waals surface area contributed by atoms with Crippen LogP contribution in [0.1, 0.15) is 49.7 Å². The number of benzene rings is 1. The summed E-state index contributed by atoms with van der Waals surface area (Å²) in [6, 6.07) is 4.96. The van der Waals surface area contributed by atoms with Crippen molar-refractivity contribution in [3.63, 3.8) is 0 Å². The Morgan fingerprint density at radius 2 is 1.91 bits per heavy atom. The van der Waals surface area contributed by atoms with Gasteiger partial charge in [-0.05, 0) is 48.9 Å². The largest absolute Gasteiger partial charge is 0.465 e. The summed E-state index contributed by atoms with van der Waals surface area (Å²) < 4.78 is 43.6. The van der Waals surface area contributed by atoms with Gasteiger partial charge in [0, 0.05) is 4.88 Å². The van der Waals surface area contributed by atoms with Gasteiger partial charge in [-0.25, -0.2) is 27.6 Å². The van der Waals surface area contributed by atoms with Crippen LogP contribution in [0.3, 0.4) is 0 Å². The number of fused-ring (bicyclic) bond motifs is 1. The van der Waals surface area contributed by atoms with E-state index in [1.807, 2.05) is 0 Å². The minimum atomic E-state index is -4.05. The van der Waals surface area contributed by atoms with Crippen LogP contribution in [0.15, 0.2) is 35.6 Å². The van der Waals surface area contributed by atoms with Crippen molar-refractivity contribution in [2.45, 2.75) is 36.6 Å². The molecule has 1 amide bonds. The van der Waals surface area contributed by atoms with Crippen molar-refractivity contribution in [3.8, 4) is 0 Å². The zero-order valence-corrected chi connectivity index (χ0v) is 20.3. The molecule has 0 spiro atoms. The summed E-state index contributed by atoms with van der Waals surface area (Å²) in [5, 5.41) is 2.20. The topological polar surface area (TPSA) is 115 Å². The van der Waals surface area contributed by atoms with Crippen molar-refractivity contribution in [2.75, 3.05) is 12.4 Å². The molecule has 0 fully saturated rings. The van der Waals surface area contributed by atoms with E-state index in [1.165, 1.54) is 30.6 Å². The van der Waals surface area contributed by atoms with Crippen molar-refractivity contribution >= 4 is 49.7 Å². The van der Waals surface area contributed by atoms with E-state index in [9.17, 15) is 22.4 Å². The molecule has 0 bridgehead atoms. The number of halogens is 2. The number of aryl methyl sites for hydroxylation is 1. The third-order valence-corrected chi connectivity index (χ3v) is 8.22. The molecule has 0 aliphatic heterocycles. The summed E-state index contributed by atoms with van der Waals surface area (Å²) in [5.74, 6) is -2.33. The number of rotatable bonds is 6. The summed E-state index contributed by atoms with van der Waals surface area (Å²) in [4.78, 5) is 34.1. The van der Waals surface area contributed by atoms with Gasteiger partial charge in [0.05, 0.1) is 29.6 Å². The van der Waals surface area contributed by atoms with Crippen LogP contribution in [0.4, 0.5) is 9.39 Å². The Morgan fingerprint density at radius 1 is 1.21 bits per heavy atom. The van der Waals surface area contributed by atoms with Crippen LogP contribution >= 0.6 is 22.9 Å². The Hall–Kier alpha value is -2.89. The molecular formula is C22H19ClFN3O5S2. The molecule has 12 heteroatoms. The molecule has 1 aliphatic carbocycles. The Morgan fingerprint density at radius 3 is 2.62 bits per heavy atom. The molecule has 0 unspecified atom stereocenters. The number of anilines is 1. The average Bonchev–Trinajstić information content (AvgIpc) is 3.17. The predicted molar refractivity (Wildman–Crippen MR) is 125 cm³/mol. The summed E-state index contributed by atoms with van der Waals surface area (Å²) in [6.45, 7) is 0. The fourth-order valence-electron chi connectivity index (χ4n) is 3.66. The van der Waals surface area contributed by atoms with Crippen molar-refractivity contribution in [3.05, 3.63) is 68.6 Å². The average molecular weight is 524 g/mol. The number of carbonyl (C=O) groups is 2. The third kappa shape index (κ3) is 4.96. The van der Waals surface area contributed by atoms with Gasteiger partial charge in [-0.1, -0.05) is 23.7 Å². The molecule has 4 rings (SSSR count). The minimum Gasteiger partial charge on any atom is -0.465 e. The molecule has 0 radical (unpaired) electrons. The summed E-state index contributed by atoms with van der Waals surface area (Å²) in [7, 11) is -2.79. The van der Waals surface area contributed by atoms with Crippen LogP contribution < -0.4 is 5.32 Å². The molecule has 2 heterocycles. The van der Waals surface area contributed by atoms with Crippen LogP contribution in [0.2, 0.25) is 5.02 Å². The van der Waals surface area contributed by atoms with E-state index in [2.05, 4.69) is 15.3 Å². The second kappa shape index (κ2) is 9.77. The number of methoxy groups -OCH3 is 1. The van der Waals surface area contributed by atoms with Gasteiger partial charge in [-0.2, -0.15) is 0 Å². The van der Waals surface area contributed by atoms with Crippen LogP contribution in [0.25, 0.3) is 0 Å². The molecule has 0 atom stereocenters. The SMILES string of the molecule is COC(=O)c1c(NC(=O)c2nc(S(=O)(=O)Cc3ccc(F)cc3)ncc2Cl)sc2c1CCCC2. The van der Waals surface area contributed by atoms with Gasteiger partial charge in [0.15, 0.2) is 5.69 Å². The number of esters is 1. The highest BCUT2D eigenvalue weighted by molar-refractivity contribution is 7.90. The number of hydrogen-bond acceptors (Lipinski definition) is 8. The Labute approximate surface area is 204 Å². The van der Waals surface area contributed by atoms with Crippen molar-refractivity contribution in [1.29, 1.82) is 0 Å². The lowest BCUT2D eigenvalue weighted by Gasteiger charge is -2.12. The van der Waals surface area contributed by atoms with Gasteiger partial charge in [0.1, 0.15) is 10.8 Å². The highest BCUT2D eigenvalue weighted by Crippen LogP contribution is 2.39. The first-order valence-electron chi connectivity index (χ1n) is 10.2. The molecule has 1 N–H and O–H groups in total. The summed E-state index contributed by atoms with van der Waals surface area (Å²) in [5.41, 5.74) is 1.13. The maximum atomic E-state index is 13.1. The second-order valence-corrected chi connectivity index (χ2v) is 11.0.